The van der Waals surface area contributed by atoms with Crippen molar-refractivity contribution in [2.45, 2.75) is 13.3 Å². The summed E-state index contributed by atoms with van der Waals surface area (Å²) in [6.45, 7) is 3.77. The molecule has 2 amide bonds. The molecule has 1 aromatic rings. The molecule has 0 radical (unpaired) electrons. The average molecular weight is 292 g/mol. The summed E-state index contributed by atoms with van der Waals surface area (Å²) in [5.41, 5.74) is 0.257. The zero-order valence-electron chi connectivity index (χ0n) is 12.3. The fourth-order valence-corrected chi connectivity index (χ4v) is 2.43. The van der Waals surface area contributed by atoms with E-state index >= 15 is 0 Å². The van der Waals surface area contributed by atoms with Gasteiger partial charge in [0.25, 0.3) is 5.91 Å². The van der Waals surface area contributed by atoms with Crippen molar-refractivity contribution in [2.75, 3.05) is 33.3 Å². The van der Waals surface area contributed by atoms with Crippen molar-refractivity contribution in [3.05, 3.63) is 23.8 Å². The van der Waals surface area contributed by atoms with Crippen molar-refractivity contribution in [1.29, 1.82) is 0 Å². The topological polar surface area (TPSA) is 70.1 Å². The molecule has 0 aromatic heterocycles. The molecule has 0 spiro atoms. The summed E-state index contributed by atoms with van der Waals surface area (Å²) in [4.78, 5) is 27.3. The van der Waals surface area contributed by atoms with E-state index in [4.69, 9.17) is 4.74 Å². The largest absolute Gasteiger partial charge is 0.507 e. The molecule has 0 atom stereocenters. The predicted molar refractivity (Wildman–Crippen MR) is 77.4 cm³/mol. The van der Waals surface area contributed by atoms with Gasteiger partial charge < -0.3 is 19.6 Å². The number of carbonyl (C=O) groups is 2. The van der Waals surface area contributed by atoms with Crippen molar-refractivity contribution >= 4 is 11.8 Å². The minimum Gasteiger partial charge on any atom is -0.507 e. The molecule has 1 saturated heterocycles. The number of nitrogens with zero attached hydrogens (tertiary/aromatic N) is 2. The third-order valence-electron chi connectivity index (χ3n) is 3.66. The zero-order chi connectivity index (χ0) is 15.4. The van der Waals surface area contributed by atoms with Crippen LogP contribution in [-0.2, 0) is 4.79 Å². The summed E-state index contributed by atoms with van der Waals surface area (Å²) < 4.78 is 5.01. The fourth-order valence-electron chi connectivity index (χ4n) is 2.43. The average Bonchev–Trinajstić information content (AvgIpc) is 2.72. The van der Waals surface area contributed by atoms with Crippen LogP contribution in [0.1, 0.15) is 23.7 Å². The highest BCUT2D eigenvalue weighted by Gasteiger charge is 2.23. The molecule has 1 N–H and O–H groups in total. The highest BCUT2D eigenvalue weighted by atomic mass is 16.5. The van der Waals surface area contributed by atoms with Crippen LogP contribution >= 0.6 is 0 Å². The number of benzene rings is 1. The van der Waals surface area contributed by atoms with Gasteiger partial charge >= 0.3 is 0 Å². The molecule has 2 rings (SSSR count). The summed E-state index contributed by atoms with van der Waals surface area (Å²) >= 11 is 0. The van der Waals surface area contributed by atoms with E-state index in [2.05, 4.69) is 0 Å². The lowest BCUT2D eigenvalue weighted by molar-refractivity contribution is -0.128. The van der Waals surface area contributed by atoms with E-state index in [0.29, 0.717) is 31.9 Å². The maximum atomic E-state index is 12.5. The minimum absolute atomic E-state index is 0.0246. The first-order valence-corrected chi connectivity index (χ1v) is 6.94. The van der Waals surface area contributed by atoms with Crippen molar-refractivity contribution in [1.82, 2.24) is 9.80 Å². The van der Waals surface area contributed by atoms with Crippen LogP contribution in [0.3, 0.4) is 0 Å². The maximum Gasteiger partial charge on any atom is 0.257 e. The number of rotatable bonds is 2. The normalized spacial score (nSPS) is 15.5. The molecule has 1 aromatic carbocycles. The highest BCUT2D eigenvalue weighted by molar-refractivity contribution is 5.97. The molecule has 1 aliphatic heterocycles. The lowest BCUT2D eigenvalue weighted by Crippen LogP contribution is -2.36. The van der Waals surface area contributed by atoms with Gasteiger partial charge in [-0.15, -0.1) is 0 Å². The Morgan fingerprint density at radius 2 is 1.81 bits per heavy atom. The summed E-state index contributed by atoms with van der Waals surface area (Å²) in [5, 5.41) is 9.94. The standard InChI is InChI=1S/C15H20N2O4/c1-11(18)16-6-3-7-17(9-8-16)15(20)13-5-4-12(21-2)10-14(13)19/h4-5,10,19H,3,6-9H2,1-2H3. The minimum atomic E-state index is -0.222. The van der Waals surface area contributed by atoms with E-state index in [9.17, 15) is 14.7 Å². The SMILES string of the molecule is COc1ccc(C(=O)N2CCCN(C(C)=O)CC2)c(O)c1. The van der Waals surface area contributed by atoms with Crippen LogP contribution < -0.4 is 4.74 Å². The third kappa shape index (κ3) is 3.45. The Balaban J connectivity index is 2.11. The van der Waals surface area contributed by atoms with Gasteiger partial charge in [0.1, 0.15) is 11.5 Å². The number of amides is 2. The van der Waals surface area contributed by atoms with Gasteiger partial charge in [0.05, 0.1) is 12.7 Å². The number of hydrogen-bond donors (Lipinski definition) is 1. The first kappa shape index (κ1) is 15.2. The van der Waals surface area contributed by atoms with Crippen LogP contribution in [0.5, 0.6) is 11.5 Å². The fraction of sp³-hybridized carbons (Fsp3) is 0.467. The number of methoxy groups -OCH3 is 1. The Kier molecular flexibility index (Phi) is 4.67. The Bertz CT molecular complexity index is 544. The zero-order valence-corrected chi connectivity index (χ0v) is 12.3. The Hall–Kier alpha value is -2.24. The summed E-state index contributed by atoms with van der Waals surface area (Å²) in [6, 6.07) is 4.63. The van der Waals surface area contributed by atoms with Gasteiger partial charge in [-0.3, -0.25) is 9.59 Å². The number of hydrogen-bond acceptors (Lipinski definition) is 4. The second-order valence-electron chi connectivity index (χ2n) is 5.03. The number of phenols is 1. The van der Waals surface area contributed by atoms with Crippen LogP contribution in [0.2, 0.25) is 0 Å². The summed E-state index contributed by atoms with van der Waals surface area (Å²) in [6.07, 6.45) is 0.738. The molecule has 1 aliphatic rings. The molecule has 1 heterocycles. The summed E-state index contributed by atoms with van der Waals surface area (Å²) in [5.74, 6) is 0.215. The molecular weight excluding hydrogens is 272 g/mol. The van der Waals surface area contributed by atoms with E-state index in [1.807, 2.05) is 0 Å². The molecule has 6 heteroatoms. The van der Waals surface area contributed by atoms with Crippen LogP contribution in [0.25, 0.3) is 0 Å². The predicted octanol–water partition coefficient (Wildman–Crippen LogP) is 1.10. The highest BCUT2D eigenvalue weighted by Crippen LogP contribution is 2.25. The van der Waals surface area contributed by atoms with Gasteiger partial charge in [0.2, 0.25) is 5.91 Å². The maximum absolute atomic E-state index is 12.5. The van der Waals surface area contributed by atoms with Gasteiger partial charge in [-0.1, -0.05) is 0 Å². The monoisotopic (exact) mass is 292 g/mol. The van der Waals surface area contributed by atoms with E-state index in [1.165, 1.54) is 20.1 Å². The van der Waals surface area contributed by atoms with E-state index in [-0.39, 0.29) is 23.1 Å². The molecular formula is C15H20N2O4. The van der Waals surface area contributed by atoms with Crippen LogP contribution in [0, 0.1) is 0 Å². The molecule has 114 valence electrons. The molecule has 21 heavy (non-hydrogen) atoms. The van der Waals surface area contributed by atoms with Gasteiger partial charge in [-0.05, 0) is 18.6 Å². The van der Waals surface area contributed by atoms with Gasteiger partial charge in [0.15, 0.2) is 0 Å². The quantitative estimate of drug-likeness (QED) is 0.886. The lowest BCUT2D eigenvalue weighted by atomic mass is 10.1. The van der Waals surface area contributed by atoms with Crippen LogP contribution in [-0.4, -0.2) is 60.0 Å². The van der Waals surface area contributed by atoms with E-state index < -0.39 is 0 Å². The smallest absolute Gasteiger partial charge is 0.257 e. The van der Waals surface area contributed by atoms with Gasteiger partial charge in [-0.2, -0.15) is 0 Å². The first-order valence-electron chi connectivity index (χ1n) is 6.94. The molecule has 0 saturated carbocycles. The van der Waals surface area contributed by atoms with Crippen molar-refractivity contribution < 1.29 is 19.4 Å². The van der Waals surface area contributed by atoms with Crippen molar-refractivity contribution in [3.63, 3.8) is 0 Å². The summed E-state index contributed by atoms with van der Waals surface area (Å²) in [7, 11) is 1.50. The van der Waals surface area contributed by atoms with Gasteiger partial charge in [0, 0.05) is 39.2 Å². The molecule has 0 aliphatic carbocycles. The Morgan fingerprint density at radius 3 is 2.43 bits per heavy atom. The molecule has 1 fully saturated rings. The molecule has 0 unspecified atom stereocenters. The van der Waals surface area contributed by atoms with Crippen LogP contribution in [0.4, 0.5) is 0 Å². The van der Waals surface area contributed by atoms with E-state index in [1.54, 1.807) is 21.9 Å². The number of aromatic hydroxyl groups is 1. The number of phenolic OH excluding ortho intramolecular Hbond substituents is 1. The lowest BCUT2D eigenvalue weighted by Gasteiger charge is -2.22. The Morgan fingerprint density at radius 1 is 1.14 bits per heavy atom. The third-order valence-corrected chi connectivity index (χ3v) is 3.66. The van der Waals surface area contributed by atoms with Crippen molar-refractivity contribution in [2.24, 2.45) is 0 Å². The van der Waals surface area contributed by atoms with E-state index in [0.717, 1.165) is 6.42 Å². The number of ether oxygens (including phenoxy) is 1. The van der Waals surface area contributed by atoms with Gasteiger partial charge in [-0.25, -0.2) is 0 Å². The van der Waals surface area contributed by atoms with Crippen molar-refractivity contribution in [3.8, 4) is 11.5 Å². The molecule has 0 bridgehead atoms. The van der Waals surface area contributed by atoms with Crippen LogP contribution in [0.15, 0.2) is 18.2 Å². The molecule has 6 nitrogen and oxygen atoms in total. The first-order chi connectivity index (χ1) is 10.0. The number of carbonyl (C=O) groups excluding carboxylic acids is 2. The second-order valence-corrected chi connectivity index (χ2v) is 5.03. The second kappa shape index (κ2) is 6.47. The Labute approximate surface area is 123 Å².